The van der Waals surface area contributed by atoms with E-state index < -0.39 is 15.9 Å². The summed E-state index contributed by atoms with van der Waals surface area (Å²) in [6, 6.07) is 6.48. The molecule has 0 heterocycles. The van der Waals surface area contributed by atoms with Gasteiger partial charge in [0.05, 0.1) is 5.69 Å². The van der Waals surface area contributed by atoms with Crippen LogP contribution in [0.4, 0.5) is 5.69 Å². The third kappa shape index (κ3) is 5.48. The Kier molecular flexibility index (Phi) is 6.76. The summed E-state index contributed by atoms with van der Waals surface area (Å²) in [4.78, 5) is 11.8. The maximum absolute atomic E-state index is 12.2. The third-order valence-electron chi connectivity index (χ3n) is 2.77. The predicted molar refractivity (Wildman–Crippen MR) is 83.2 cm³/mol. The van der Waals surface area contributed by atoms with E-state index in [0.717, 1.165) is 0 Å². The highest BCUT2D eigenvalue weighted by Gasteiger charge is 2.20. The van der Waals surface area contributed by atoms with Crippen LogP contribution in [0.3, 0.4) is 0 Å². The molecule has 0 aliphatic rings. The first kappa shape index (κ1) is 17.1. The fourth-order valence-corrected chi connectivity index (χ4v) is 3.01. The van der Waals surface area contributed by atoms with Gasteiger partial charge in [0, 0.05) is 19.4 Å². The SMILES string of the molecule is C#CCCCCC(=O)NS(=O)(=O)c1ccccc1NCC. The number of hydrogen-bond donors (Lipinski definition) is 2. The second-order valence-corrected chi connectivity index (χ2v) is 6.12. The lowest BCUT2D eigenvalue weighted by molar-refractivity contribution is -0.119. The number of amides is 1. The summed E-state index contributed by atoms with van der Waals surface area (Å²) >= 11 is 0. The van der Waals surface area contributed by atoms with Crippen molar-refractivity contribution in [1.29, 1.82) is 0 Å². The van der Waals surface area contributed by atoms with E-state index in [1.807, 2.05) is 6.92 Å². The summed E-state index contributed by atoms with van der Waals surface area (Å²) in [5.74, 6) is 1.96. The summed E-state index contributed by atoms with van der Waals surface area (Å²) in [5.41, 5.74) is 0.479. The molecule has 0 unspecified atom stereocenters. The number of carbonyl (C=O) groups excluding carboxylic acids is 1. The fourth-order valence-electron chi connectivity index (χ4n) is 1.81. The smallest absolute Gasteiger partial charge is 0.266 e. The monoisotopic (exact) mass is 308 g/mol. The summed E-state index contributed by atoms with van der Waals surface area (Å²) < 4.78 is 26.5. The summed E-state index contributed by atoms with van der Waals surface area (Å²) in [6.07, 6.45) is 7.12. The van der Waals surface area contributed by atoms with Crippen molar-refractivity contribution in [3.8, 4) is 12.3 Å². The average Bonchev–Trinajstić information content (AvgIpc) is 2.44. The molecule has 0 atom stereocenters. The molecule has 0 bridgehead atoms. The Morgan fingerprint density at radius 1 is 1.29 bits per heavy atom. The third-order valence-corrected chi connectivity index (χ3v) is 4.20. The zero-order valence-corrected chi connectivity index (χ0v) is 12.9. The molecule has 0 fully saturated rings. The minimum Gasteiger partial charge on any atom is -0.384 e. The van der Waals surface area contributed by atoms with Crippen molar-refractivity contribution in [2.24, 2.45) is 0 Å². The minimum absolute atomic E-state index is 0.0730. The number of benzene rings is 1. The number of hydrogen-bond acceptors (Lipinski definition) is 4. The molecule has 1 aromatic rings. The van der Waals surface area contributed by atoms with Crippen LogP contribution in [0.2, 0.25) is 0 Å². The van der Waals surface area contributed by atoms with Gasteiger partial charge in [-0.15, -0.1) is 12.3 Å². The second kappa shape index (κ2) is 8.32. The van der Waals surface area contributed by atoms with E-state index >= 15 is 0 Å². The van der Waals surface area contributed by atoms with E-state index in [1.54, 1.807) is 18.2 Å². The normalized spacial score (nSPS) is 10.7. The van der Waals surface area contributed by atoms with E-state index in [4.69, 9.17) is 6.42 Å². The molecule has 5 nitrogen and oxygen atoms in total. The van der Waals surface area contributed by atoms with E-state index in [-0.39, 0.29) is 11.3 Å². The van der Waals surface area contributed by atoms with Crippen LogP contribution in [0, 0.1) is 12.3 Å². The highest BCUT2D eigenvalue weighted by molar-refractivity contribution is 7.90. The van der Waals surface area contributed by atoms with Crippen LogP contribution in [-0.2, 0) is 14.8 Å². The molecule has 1 rings (SSSR count). The topological polar surface area (TPSA) is 75.3 Å². The Labute approximate surface area is 126 Å². The number of nitrogens with one attached hydrogen (secondary N) is 2. The van der Waals surface area contributed by atoms with Crippen LogP contribution in [0.25, 0.3) is 0 Å². The van der Waals surface area contributed by atoms with E-state index in [2.05, 4.69) is 16.0 Å². The standard InChI is InChI=1S/C15H20N2O3S/c1-3-5-6-7-12-15(18)17-21(19,20)14-11-9-8-10-13(14)16-4-2/h1,8-11,16H,4-7,12H2,2H3,(H,17,18). The van der Waals surface area contributed by atoms with Gasteiger partial charge in [0.15, 0.2) is 0 Å². The van der Waals surface area contributed by atoms with Crippen molar-refractivity contribution < 1.29 is 13.2 Å². The van der Waals surface area contributed by atoms with Crippen LogP contribution in [0.5, 0.6) is 0 Å². The van der Waals surface area contributed by atoms with Gasteiger partial charge in [-0.25, -0.2) is 13.1 Å². The molecular formula is C15H20N2O3S. The van der Waals surface area contributed by atoms with Gasteiger partial charge < -0.3 is 5.32 Å². The van der Waals surface area contributed by atoms with Crippen molar-refractivity contribution in [2.75, 3.05) is 11.9 Å². The maximum Gasteiger partial charge on any atom is 0.266 e. The maximum atomic E-state index is 12.2. The molecule has 0 spiro atoms. The Morgan fingerprint density at radius 3 is 2.67 bits per heavy atom. The van der Waals surface area contributed by atoms with Gasteiger partial charge in [0.25, 0.3) is 10.0 Å². The first-order valence-corrected chi connectivity index (χ1v) is 8.31. The van der Waals surface area contributed by atoms with Gasteiger partial charge >= 0.3 is 0 Å². The van der Waals surface area contributed by atoms with Crippen LogP contribution in [-0.4, -0.2) is 20.9 Å². The quantitative estimate of drug-likeness (QED) is 0.570. The molecule has 0 aliphatic heterocycles. The van der Waals surface area contributed by atoms with Crippen LogP contribution < -0.4 is 10.0 Å². The van der Waals surface area contributed by atoms with Gasteiger partial charge in [-0.3, -0.25) is 4.79 Å². The molecule has 2 N–H and O–H groups in total. The first-order chi connectivity index (χ1) is 10.0. The summed E-state index contributed by atoms with van der Waals surface area (Å²) in [6.45, 7) is 2.46. The molecule has 6 heteroatoms. The number of para-hydroxylation sites is 1. The van der Waals surface area contributed by atoms with Gasteiger partial charge in [0.2, 0.25) is 5.91 Å². The number of rotatable bonds is 8. The van der Waals surface area contributed by atoms with E-state index in [9.17, 15) is 13.2 Å². The number of terminal acetylenes is 1. The molecule has 1 aromatic carbocycles. The molecular weight excluding hydrogens is 288 g/mol. The first-order valence-electron chi connectivity index (χ1n) is 6.83. The predicted octanol–water partition coefficient (Wildman–Crippen LogP) is 2.12. The number of unbranched alkanes of at least 4 members (excludes halogenated alkanes) is 2. The largest absolute Gasteiger partial charge is 0.384 e. The minimum atomic E-state index is -3.86. The van der Waals surface area contributed by atoms with Crippen molar-refractivity contribution in [3.05, 3.63) is 24.3 Å². The van der Waals surface area contributed by atoms with Crippen molar-refractivity contribution in [3.63, 3.8) is 0 Å². The summed E-state index contributed by atoms with van der Waals surface area (Å²) in [7, 11) is -3.86. The lowest BCUT2D eigenvalue weighted by Crippen LogP contribution is -2.30. The molecule has 114 valence electrons. The van der Waals surface area contributed by atoms with Crippen molar-refractivity contribution >= 4 is 21.6 Å². The average molecular weight is 308 g/mol. The Morgan fingerprint density at radius 2 is 2.00 bits per heavy atom. The Hall–Kier alpha value is -2.00. The zero-order valence-electron chi connectivity index (χ0n) is 12.1. The van der Waals surface area contributed by atoms with Gasteiger partial charge in [-0.1, -0.05) is 12.1 Å². The van der Waals surface area contributed by atoms with Crippen LogP contribution >= 0.6 is 0 Å². The zero-order chi connectivity index (χ0) is 15.7. The summed E-state index contributed by atoms with van der Waals surface area (Å²) in [5, 5.41) is 2.96. The van der Waals surface area contributed by atoms with Crippen molar-refractivity contribution in [1.82, 2.24) is 4.72 Å². The van der Waals surface area contributed by atoms with Gasteiger partial charge in [-0.2, -0.15) is 0 Å². The van der Waals surface area contributed by atoms with Crippen LogP contribution in [0.1, 0.15) is 32.6 Å². The highest BCUT2D eigenvalue weighted by atomic mass is 32.2. The Balaban J connectivity index is 2.73. The molecule has 0 aliphatic carbocycles. The highest BCUT2D eigenvalue weighted by Crippen LogP contribution is 2.20. The molecule has 1 amide bonds. The van der Waals surface area contributed by atoms with E-state index in [0.29, 0.717) is 31.5 Å². The lowest BCUT2D eigenvalue weighted by Gasteiger charge is -2.12. The van der Waals surface area contributed by atoms with Gasteiger partial charge in [0.1, 0.15) is 4.90 Å². The van der Waals surface area contributed by atoms with Crippen LogP contribution in [0.15, 0.2) is 29.2 Å². The Bertz CT molecular complexity index is 618. The number of anilines is 1. The fraction of sp³-hybridized carbons (Fsp3) is 0.400. The number of sulfonamides is 1. The molecule has 0 saturated carbocycles. The van der Waals surface area contributed by atoms with Gasteiger partial charge in [-0.05, 0) is 31.9 Å². The molecule has 21 heavy (non-hydrogen) atoms. The second-order valence-electron chi connectivity index (χ2n) is 4.47. The molecule has 0 aromatic heterocycles. The number of carbonyl (C=O) groups is 1. The van der Waals surface area contributed by atoms with Crippen molar-refractivity contribution in [2.45, 2.75) is 37.5 Å². The molecule has 0 saturated heterocycles. The molecule has 0 radical (unpaired) electrons. The lowest BCUT2D eigenvalue weighted by atomic mass is 10.2. The van der Waals surface area contributed by atoms with E-state index in [1.165, 1.54) is 6.07 Å².